The third-order valence-electron chi connectivity index (χ3n) is 3.18. The van der Waals surface area contributed by atoms with Gasteiger partial charge in [-0.3, -0.25) is 0 Å². The molecule has 0 bridgehead atoms. The molecule has 0 aliphatic rings. The summed E-state index contributed by atoms with van der Waals surface area (Å²) in [4.78, 5) is 19.4. The number of methoxy groups -OCH3 is 1. The topological polar surface area (TPSA) is 84.3 Å². The number of aromatic nitrogens is 2. The minimum absolute atomic E-state index is 0.114. The molecule has 0 saturated heterocycles. The summed E-state index contributed by atoms with van der Waals surface area (Å²) in [7, 11) is 1.29. The quantitative estimate of drug-likeness (QED) is 0.812. The maximum atomic E-state index is 11.3. The van der Waals surface area contributed by atoms with Crippen molar-refractivity contribution >= 4 is 11.8 Å². The normalized spacial score (nSPS) is 13.3. The van der Waals surface area contributed by atoms with Crippen LogP contribution in [0.25, 0.3) is 0 Å². The Balaban J connectivity index is 2.21. The minimum atomic E-state index is -0.692. The third-order valence-corrected chi connectivity index (χ3v) is 3.18. The number of esters is 1. The lowest BCUT2D eigenvalue weighted by Crippen LogP contribution is -2.36. The third kappa shape index (κ3) is 3.35. The molecule has 2 rings (SSSR count). The maximum absolute atomic E-state index is 11.3. The lowest BCUT2D eigenvalue weighted by Gasteiger charge is -2.29. The summed E-state index contributed by atoms with van der Waals surface area (Å²) in [6, 6.07) is 9.54. The van der Waals surface area contributed by atoms with E-state index >= 15 is 0 Å². The Labute approximate surface area is 122 Å². The van der Waals surface area contributed by atoms with Crippen LogP contribution in [0.2, 0.25) is 0 Å². The molecule has 0 fully saturated rings. The van der Waals surface area contributed by atoms with Crippen molar-refractivity contribution in [2.75, 3.05) is 19.0 Å². The van der Waals surface area contributed by atoms with E-state index < -0.39 is 11.5 Å². The number of nitrogens with one attached hydrogen (secondary N) is 1. The second kappa shape index (κ2) is 6.32. The molecule has 1 heterocycles. The number of aliphatic hydroxyl groups is 1. The van der Waals surface area contributed by atoms with Gasteiger partial charge in [-0.1, -0.05) is 30.3 Å². The fraction of sp³-hybridized carbons (Fsp3) is 0.267. The van der Waals surface area contributed by atoms with Crippen molar-refractivity contribution in [3.8, 4) is 0 Å². The highest BCUT2D eigenvalue weighted by Gasteiger charge is 2.26. The Morgan fingerprint density at radius 3 is 2.52 bits per heavy atom. The molecule has 0 saturated carbocycles. The lowest BCUT2D eigenvalue weighted by atomic mass is 9.93. The first kappa shape index (κ1) is 14.9. The average Bonchev–Trinajstić information content (AvgIpc) is 2.55. The second-order valence-corrected chi connectivity index (χ2v) is 4.76. The summed E-state index contributed by atoms with van der Waals surface area (Å²) >= 11 is 0. The molecular weight excluding hydrogens is 270 g/mol. The highest BCUT2D eigenvalue weighted by atomic mass is 16.5. The Bertz CT molecular complexity index is 601. The number of nitrogens with zero attached hydrogens (tertiary/aromatic N) is 2. The number of ether oxygens (including phenoxy) is 1. The monoisotopic (exact) mass is 287 g/mol. The van der Waals surface area contributed by atoms with Crippen molar-refractivity contribution in [1.82, 2.24) is 9.97 Å². The van der Waals surface area contributed by atoms with Crippen LogP contribution in [-0.2, 0) is 10.3 Å². The molecule has 1 aromatic carbocycles. The van der Waals surface area contributed by atoms with Crippen LogP contribution in [0.5, 0.6) is 0 Å². The predicted molar refractivity (Wildman–Crippen MR) is 77.9 cm³/mol. The van der Waals surface area contributed by atoms with E-state index in [1.54, 1.807) is 0 Å². The molecule has 0 aliphatic heterocycles. The van der Waals surface area contributed by atoms with Crippen molar-refractivity contribution in [3.05, 3.63) is 54.0 Å². The van der Waals surface area contributed by atoms with Crippen LogP contribution in [-0.4, -0.2) is 34.8 Å². The molecule has 2 aromatic rings. The first-order chi connectivity index (χ1) is 10.1. The zero-order valence-corrected chi connectivity index (χ0v) is 11.9. The van der Waals surface area contributed by atoms with E-state index in [1.165, 1.54) is 19.5 Å². The highest BCUT2D eigenvalue weighted by molar-refractivity contribution is 5.86. The van der Waals surface area contributed by atoms with Gasteiger partial charge in [0, 0.05) is 0 Å². The number of anilines is 1. The largest absolute Gasteiger partial charge is 0.464 e. The summed E-state index contributed by atoms with van der Waals surface area (Å²) in [5.41, 5.74) is 0.364. The van der Waals surface area contributed by atoms with Gasteiger partial charge < -0.3 is 15.2 Å². The van der Waals surface area contributed by atoms with Crippen LogP contribution in [0, 0.1) is 0 Å². The van der Waals surface area contributed by atoms with E-state index in [2.05, 4.69) is 20.0 Å². The van der Waals surface area contributed by atoms with E-state index in [0.717, 1.165) is 5.56 Å². The van der Waals surface area contributed by atoms with Gasteiger partial charge >= 0.3 is 5.97 Å². The van der Waals surface area contributed by atoms with Crippen molar-refractivity contribution in [2.45, 2.75) is 12.5 Å². The Kier molecular flexibility index (Phi) is 4.49. The Morgan fingerprint density at radius 2 is 2.00 bits per heavy atom. The van der Waals surface area contributed by atoms with Gasteiger partial charge in [-0.25, -0.2) is 14.8 Å². The van der Waals surface area contributed by atoms with Gasteiger partial charge in [0.15, 0.2) is 5.69 Å². The van der Waals surface area contributed by atoms with E-state index in [4.69, 9.17) is 0 Å². The van der Waals surface area contributed by atoms with Gasteiger partial charge in [-0.05, 0) is 12.5 Å². The lowest BCUT2D eigenvalue weighted by molar-refractivity contribution is 0.0593. The van der Waals surface area contributed by atoms with Gasteiger partial charge in [0.2, 0.25) is 0 Å². The molecule has 6 heteroatoms. The summed E-state index contributed by atoms with van der Waals surface area (Å²) in [6.45, 7) is 1.75. The number of hydrogen-bond donors (Lipinski definition) is 2. The first-order valence-corrected chi connectivity index (χ1v) is 6.44. The van der Waals surface area contributed by atoms with Crippen LogP contribution in [0.1, 0.15) is 23.0 Å². The van der Waals surface area contributed by atoms with Gasteiger partial charge in [-0.2, -0.15) is 0 Å². The van der Waals surface area contributed by atoms with Crippen LogP contribution in [0.4, 0.5) is 5.82 Å². The molecule has 110 valence electrons. The molecule has 2 N–H and O–H groups in total. The number of hydrogen-bond acceptors (Lipinski definition) is 6. The van der Waals surface area contributed by atoms with Crippen LogP contribution >= 0.6 is 0 Å². The zero-order chi connectivity index (χ0) is 15.3. The molecule has 1 unspecified atom stereocenters. The van der Waals surface area contributed by atoms with Crippen molar-refractivity contribution in [2.24, 2.45) is 0 Å². The molecule has 0 radical (unpaired) electrons. The van der Waals surface area contributed by atoms with E-state index in [-0.39, 0.29) is 12.3 Å². The molecule has 6 nitrogen and oxygen atoms in total. The van der Waals surface area contributed by atoms with Crippen molar-refractivity contribution in [1.29, 1.82) is 0 Å². The maximum Gasteiger partial charge on any atom is 0.358 e. The summed E-state index contributed by atoms with van der Waals surface area (Å²) in [5, 5.41) is 12.8. The number of aliphatic hydroxyl groups excluding tert-OH is 1. The molecule has 1 atom stereocenters. The Hall–Kier alpha value is -2.47. The standard InChI is InChI=1S/C15H17N3O3/c1-15(10-19,11-6-4-3-5-7-11)18-13-9-16-12(8-17-13)14(20)21-2/h3-9,19H,10H2,1-2H3,(H,17,18). The molecule has 0 aliphatic carbocycles. The number of rotatable bonds is 5. The van der Waals surface area contributed by atoms with Crippen molar-refractivity contribution < 1.29 is 14.6 Å². The van der Waals surface area contributed by atoms with E-state index in [0.29, 0.717) is 5.82 Å². The zero-order valence-electron chi connectivity index (χ0n) is 11.9. The summed E-state index contributed by atoms with van der Waals surface area (Å²) in [6.07, 6.45) is 2.76. The fourth-order valence-electron chi connectivity index (χ4n) is 1.89. The SMILES string of the molecule is COC(=O)c1cnc(NC(C)(CO)c2ccccc2)cn1. The highest BCUT2D eigenvalue weighted by Crippen LogP contribution is 2.24. The van der Waals surface area contributed by atoms with Crippen LogP contribution in [0.3, 0.4) is 0 Å². The minimum Gasteiger partial charge on any atom is -0.464 e. The number of carbonyl (C=O) groups excluding carboxylic acids is 1. The average molecular weight is 287 g/mol. The fourth-order valence-corrected chi connectivity index (χ4v) is 1.89. The van der Waals surface area contributed by atoms with Crippen LogP contribution < -0.4 is 5.32 Å². The molecule has 0 spiro atoms. The Morgan fingerprint density at radius 1 is 1.29 bits per heavy atom. The van der Waals surface area contributed by atoms with Gasteiger partial charge in [0.1, 0.15) is 5.82 Å². The summed E-state index contributed by atoms with van der Waals surface area (Å²) in [5.74, 6) is -0.0786. The van der Waals surface area contributed by atoms with Crippen molar-refractivity contribution in [3.63, 3.8) is 0 Å². The van der Waals surface area contributed by atoms with Gasteiger partial charge in [0.05, 0.1) is 31.6 Å². The molecule has 21 heavy (non-hydrogen) atoms. The number of benzene rings is 1. The molecule has 1 aromatic heterocycles. The molecule has 0 amide bonds. The second-order valence-electron chi connectivity index (χ2n) is 4.76. The van der Waals surface area contributed by atoms with Gasteiger partial charge in [-0.15, -0.1) is 0 Å². The van der Waals surface area contributed by atoms with E-state index in [1.807, 2.05) is 37.3 Å². The number of carbonyl (C=O) groups is 1. The van der Waals surface area contributed by atoms with Crippen LogP contribution in [0.15, 0.2) is 42.7 Å². The molecular formula is C15H17N3O3. The van der Waals surface area contributed by atoms with E-state index in [9.17, 15) is 9.90 Å². The smallest absolute Gasteiger partial charge is 0.358 e. The predicted octanol–water partition coefficient (Wildman–Crippen LogP) is 1.58. The summed E-state index contributed by atoms with van der Waals surface area (Å²) < 4.78 is 4.57. The first-order valence-electron chi connectivity index (χ1n) is 6.44. The van der Waals surface area contributed by atoms with Gasteiger partial charge in [0.25, 0.3) is 0 Å².